The quantitative estimate of drug-likeness (QED) is 0.677. The molecule has 0 aliphatic carbocycles. The summed E-state index contributed by atoms with van der Waals surface area (Å²) in [6, 6.07) is 17.5. The van der Waals surface area contributed by atoms with E-state index in [1.807, 2.05) is 54.6 Å². The average Bonchev–Trinajstić information content (AvgIpc) is 3.15. The molecule has 6 heteroatoms. The lowest BCUT2D eigenvalue weighted by molar-refractivity contribution is 0.102. The Hall–Kier alpha value is -2.57. The van der Waals surface area contributed by atoms with Gasteiger partial charge in [-0.25, -0.2) is 0 Å². The molecule has 2 aromatic carbocycles. The fraction of sp³-hybridized carbons (Fsp3) is 0.250. The van der Waals surface area contributed by atoms with Crippen molar-refractivity contribution < 1.29 is 4.79 Å². The molecule has 3 rings (SSSR count). The lowest BCUT2D eigenvalue weighted by atomic mass is 10.1. The fourth-order valence-corrected chi connectivity index (χ4v) is 3.35. The van der Waals surface area contributed by atoms with Gasteiger partial charge < -0.3 is 0 Å². The van der Waals surface area contributed by atoms with Crippen molar-refractivity contribution >= 4 is 22.4 Å². The second kappa shape index (κ2) is 8.69. The highest BCUT2D eigenvalue weighted by Gasteiger charge is 2.11. The van der Waals surface area contributed by atoms with Gasteiger partial charge in [0.1, 0.15) is 5.01 Å². The number of hydrogen-bond acceptors (Lipinski definition) is 5. The van der Waals surface area contributed by atoms with Crippen LogP contribution in [0.15, 0.2) is 54.6 Å². The molecule has 1 heterocycles. The highest BCUT2D eigenvalue weighted by Crippen LogP contribution is 2.26. The van der Waals surface area contributed by atoms with Gasteiger partial charge in [-0.15, -0.1) is 10.2 Å². The number of nitrogens with zero attached hydrogens (tertiary/aromatic N) is 3. The molecule has 5 nitrogen and oxygen atoms in total. The highest BCUT2D eigenvalue weighted by molar-refractivity contribution is 7.18. The summed E-state index contributed by atoms with van der Waals surface area (Å²) >= 11 is 1.37. The summed E-state index contributed by atoms with van der Waals surface area (Å²) < 4.78 is 0. The van der Waals surface area contributed by atoms with E-state index in [4.69, 9.17) is 0 Å². The fourth-order valence-electron chi connectivity index (χ4n) is 2.61. The molecule has 0 aliphatic heterocycles. The number of nitrogens with one attached hydrogen (secondary N) is 1. The SMILES string of the molecule is CCN(CC)Cc1ccc(C(=O)Nc2nnc(-c3ccccc3)s2)cc1. The molecule has 1 N–H and O–H groups in total. The lowest BCUT2D eigenvalue weighted by Gasteiger charge is -2.17. The van der Waals surface area contributed by atoms with Gasteiger partial charge in [-0.3, -0.25) is 15.0 Å². The number of carbonyl (C=O) groups excluding carboxylic acids is 1. The van der Waals surface area contributed by atoms with Gasteiger partial charge in [0, 0.05) is 17.7 Å². The van der Waals surface area contributed by atoms with Crippen LogP contribution in [0, 0.1) is 0 Å². The van der Waals surface area contributed by atoms with Crippen LogP contribution in [0.1, 0.15) is 29.8 Å². The first-order valence-electron chi connectivity index (χ1n) is 8.71. The van der Waals surface area contributed by atoms with Crippen LogP contribution in [-0.4, -0.2) is 34.1 Å². The average molecular weight is 366 g/mol. The molecule has 0 saturated heterocycles. The molecule has 0 bridgehead atoms. The summed E-state index contributed by atoms with van der Waals surface area (Å²) in [5.41, 5.74) is 2.81. The van der Waals surface area contributed by atoms with Gasteiger partial charge in [0.15, 0.2) is 0 Å². The van der Waals surface area contributed by atoms with E-state index in [0.717, 1.165) is 30.2 Å². The molecular weight excluding hydrogens is 344 g/mol. The molecule has 1 amide bonds. The molecule has 3 aromatic rings. The maximum absolute atomic E-state index is 12.4. The number of anilines is 1. The summed E-state index contributed by atoms with van der Waals surface area (Å²) in [4.78, 5) is 14.8. The Kier molecular flexibility index (Phi) is 6.09. The van der Waals surface area contributed by atoms with Crippen molar-refractivity contribution in [3.63, 3.8) is 0 Å². The predicted molar refractivity (Wildman–Crippen MR) is 106 cm³/mol. The topological polar surface area (TPSA) is 58.1 Å². The minimum atomic E-state index is -0.171. The Balaban J connectivity index is 1.64. The molecule has 26 heavy (non-hydrogen) atoms. The van der Waals surface area contributed by atoms with E-state index in [1.54, 1.807) is 0 Å². The van der Waals surface area contributed by atoms with Crippen LogP contribution in [-0.2, 0) is 6.54 Å². The monoisotopic (exact) mass is 366 g/mol. The molecule has 0 aliphatic rings. The maximum atomic E-state index is 12.4. The Labute approximate surface area is 157 Å². The molecule has 0 spiro atoms. The van der Waals surface area contributed by atoms with Crippen LogP contribution in [0.5, 0.6) is 0 Å². The van der Waals surface area contributed by atoms with Gasteiger partial charge >= 0.3 is 0 Å². The Morgan fingerprint density at radius 2 is 1.69 bits per heavy atom. The number of hydrogen-bond donors (Lipinski definition) is 1. The van der Waals surface area contributed by atoms with E-state index < -0.39 is 0 Å². The number of amides is 1. The molecule has 0 unspecified atom stereocenters. The van der Waals surface area contributed by atoms with E-state index in [-0.39, 0.29) is 5.91 Å². The second-order valence-electron chi connectivity index (χ2n) is 5.89. The largest absolute Gasteiger partial charge is 0.300 e. The smallest absolute Gasteiger partial charge is 0.257 e. The first kappa shape index (κ1) is 18.2. The number of benzene rings is 2. The Morgan fingerprint density at radius 3 is 2.35 bits per heavy atom. The minimum Gasteiger partial charge on any atom is -0.300 e. The number of aromatic nitrogens is 2. The standard InChI is InChI=1S/C20H22N4OS/c1-3-24(4-2)14-15-10-12-16(13-11-15)18(25)21-20-23-22-19(26-20)17-8-6-5-7-9-17/h5-13H,3-4,14H2,1-2H3,(H,21,23,25). The van der Waals surface area contributed by atoms with Crippen LogP contribution in [0.3, 0.4) is 0 Å². The third-order valence-electron chi connectivity index (χ3n) is 4.18. The molecule has 0 fully saturated rings. The zero-order chi connectivity index (χ0) is 18.4. The van der Waals surface area contributed by atoms with E-state index in [0.29, 0.717) is 10.7 Å². The van der Waals surface area contributed by atoms with Crippen molar-refractivity contribution in [2.45, 2.75) is 20.4 Å². The van der Waals surface area contributed by atoms with Gasteiger partial charge in [0.25, 0.3) is 5.91 Å². The van der Waals surface area contributed by atoms with Gasteiger partial charge in [-0.1, -0.05) is 67.6 Å². The van der Waals surface area contributed by atoms with E-state index in [9.17, 15) is 4.79 Å². The maximum Gasteiger partial charge on any atom is 0.257 e. The van der Waals surface area contributed by atoms with Gasteiger partial charge in [0.2, 0.25) is 5.13 Å². The van der Waals surface area contributed by atoms with Crippen molar-refractivity contribution in [1.29, 1.82) is 0 Å². The van der Waals surface area contributed by atoms with Crippen molar-refractivity contribution in [3.05, 3.63) is 65.7 Å². The minimum absolute atomic E-state index is 0.171. The van der Waals surface area contributed by atoms with Crippen LogP contribution in [0.4, 0.5) is 5.13 Å². The van der Waals surface area contributed by atoms with Gasteiger partial charge in [-0.2, -0.15) is 0 Å². The van der Waals surface area contributed by atoms with Crippen LogP contribution in [0.25, 0.3) is 10.6 Å². The lowest BCUT2D eigenvalue weighted by Crippen LogP contribution is -2.22. The second-order valence-corrected chi connectivity index (χ2v) is 6.87. The van der Waals surface area contributed by atoms with E-state index >= 15 is 0 Å². The summed E-state index contributed by atoms with van der Waals surface area (Å²) in [6.07, 6.45) is 0. The summed E-state index contributed by atoms with van der Waals surface area (Å²) in [5.74, 6) is -0.171. The predicted octanol–water partition coefficient (Wildman–Crippen LogP) is 4.30. The van der Waals surface area contributed by atoms with E-state index in [1.165, 1.54) is 16.9 Å². The Morgan fingerprint density at radius 1 is 1.00 bits per heavy atom. The van der Waals surface area contributed by atoms with Crippen LogP contribution < -0.4 is 5.32 Å². The highest BCUT2D eigenvalue weighted by atomic mass is 32.1. The summed E-state index contributed by atoms with van der Waals surface area (Å²) in [6.45, 7) is 7.22. The molecule has 1 aromatic heterocycles. The van der Waals surface area contributed by atoms with Gasteiger partial charge in [0.05, 0.1) is 0 Å². The number of rotatable bonds is 7. The van der Waals surface area contributed by atoms with E-state index in [2.05, 4.69) is 34.3 Å². The molecular formula is C20H22N4OS. The van der Waals surface area contributed by atoms with Crippen molar-refractivity contribution in [3.8, 4) is 10.6 Å². The third-order valence-corrected chi connectivity index (χ3v) is 5.07. The molecule has 0 radical (unpaired) electrons. The molecule has 0 saturated carbocycles. The summed E-state index contributed by atoms with van der Waals surface area (Å²) in [7, 11) is 0. The number of carbonyl (C=O) groups is 1. The van der Waals surface area contributed by atoms with Crippen molar-refractivity contribution in [1.82, 2.24) is 15.1 Å². The van der Waals surface area contributed by atoms with Crippen LogP contribution >= 0.6 is 11.3 Å². The van der Waals surface area contributed by atoms with Crippen molar-refractivity contribution in [2.75, 3.05) is 18.4 Å². The first-order valence-corrected chi connectivity index (χ1v) is 9.52. The zero-order valence-corrected chi connectivity index (χ0v) is 15.8. The molecule has 0 atom stereocenters. The van der Waals surface area contributed by atoms with Gasteiger partial charge in [-0.05, 0) is 30.8 Å². The zero-order valence-electron chi connectivity index (χ0n) is 15.0. The molecule has 134 valence electrons. The third kappa shape index (κ3) is 4.53. The van der Waals surface area contributed by atoms with Crippen molar-refractivity contribution in [2.24, 2.45) is 0 Å². The first-order chi connectivity index (χ1) is 12.7. The normalized spacial score (nSPS) is 10.9. The Bertz CT molecular complexity index is 842. The summed E-state index contributed by atoms with van der Waals surface area (Å²) in [5, 5.41) is 12.3. The van der Waals surface area contributed by atoms with Crippen LogP contribution in [0.2, 0.25) is 0 Å².